The minimum Gasteiger partial charge on any atom is -0.238 e. The van der Waals surface area contributed by atoms with Crippen molar-refractivity contribution in [1.29, 1.82) is 0 Å². The van der Waals surface area contributed by atoms with Gasteiger partial charge < -0.3 is 0 Å². The van der Waals surface area contributed by atoms with Crippen molar-refractivity contribution in [2.75, 3.05) is 0 Å². The molecule has 0 unspecified atom stereocenters. The molecule has 2 aromatic rings. The molecule has 2 aromatic carbocycles. The third-order valence-corrected chi connectivity index (χ3v) is 12.9. The Morgan fingerprint density at radius 3 is 1.30 bits per heavy atom. The molecule has 2 spiro atoms. The molecular weight excluding hydrogens is 567 g/mol. The monoisotopic (exact) mass is 634 g/mol. The molecule has 2 radical (unpaired) electrons. The number of aryl methyl sites for hydroxylation is 1. The van der Waals surface area contributed by atoms with Crippen LogP contribution in [-0.2, 0) is 0 Å². The lowest BCUT2D eigenvalue weighted by molar-refractivity contribution is -0.516. The third-order valence-electron chi connectivity index (χ3n) is 12.9. The van der Waals surface area contributed by atoms with Crippen molar-refractivity contribution in [3.8, 4) is 0 Å². The summed E-state index contributed by atoms with van der Waals surface area (Å²) >= 11 is 0. The van der Waals surface area contributed by atoms with Crippen LogP contribution in [0, 0.1) is 17.8 Å². The molecule has 0 amide bonds. The van der Waals surface area contributed by atoms with E-state index in [4.69, 9.17) is 0 Å². The second-order valence-corrected chi connectivity index (χ2v) is 18.5. The van der Waals surface area contributed by atoms with Crippen molar-refractivity contribution in [1.82, 2.24) is 0 Å². The average molecular weight is 634 g/mol. The lowest BCUT2D eigenvalue weighted by Gasteiger charge is -2.41. The highest BCUT2D eigenvalue weighted by molar-refractivity contribution is 6.99. The van der Waals surface area contributed by atoms with Crippen LogP contribution in [0.1, 0.15) is 186 Å². The second kappa shape index (κ2) is 12.6. The van der Waals surface area contributed by atoms with Gasteiger partial charge in [0.25, 0.3) is 0 Å². The van der Waals surface area contributed by atoms with Crippen LogP contribution in [-0.4, -0.2) is 38.7 Å². The van der Waals surface area contributed by atoms with E-state index in [0.717, 1.165) is 0 Å². The SMILES string of the molecule is Cc1cccc(C(C)C)c1[N+]1=C([B-]C2=[N+](c3c(C(C)C)cccc3C(C)C)C(C)(C)CC23CCCCC3)C2(CCCCC2)CC1(C)C. The van der Waals surface area contributed by atoms with Crippen LogP contribution in [0.4, 0.5) is 11.4 Å². The fraction of sp³-hybridized carbons (Fsp3) is 0.682. The van der Waals surface area contributed by atoms with Crippen molar-refractivity contribution in [2.45, 2.75) is 182 Å². The zero-order valence-corrected chi connectivity index (χ0v) is 32.2. The smallest absolute Gasteiger partial charge is 0.209 e. The maximum absolute atomic E-state index is 2.94. The number of rotatable bonds is 7. The van der Waals surface area contributed by atoms with Crippen molar-refractivity contribution < 1.29 is 9.15 Å². The molecule has 2 saturated carbocycles. The summed E-state index contributed by atoms with van der Waals surface area (Å²) in [5, 5.41) is 0. The average Bonchev–Trinajstić information content (AvgIpc) is 3.34. The fourth-order valence-electron chi connectivity index (χ4n) is 11.1. The Bertz CT molecular complexity index is 1530. The first-order valence-electron chi connectivity index (χ1n) is 19.6. The van der Waals surface area contributed by atoms with E-state index >= 15 is 0 Å². The van der Waals surface area contributed by atoms with Gasteiger partial charge in [0.15, 0.2) is 11.1 Å². The van der Waals surface area contributed by atoms with E-state index in [0.29, 0.717) is 17.8 Å². The maximum atomic E-state index is 2.94. The van der Waals surface area contributed by atoms with Crippen molar-refractivity contribution in [3.05, 3.63) is 58.7 Å². The van der Waals surface area contributed by atoms with Crippen LogP contribution in [0.3, 0.4) is 0 Å². The molecule has 6 rings (SSSR count). The van der Waals surface area contributed by atoms with E-state index in [1.165, 1.54) is 111 Å². The fourth-order valence-corrected chi connectivity index (χ4v) is 11.1. The number of benzene rings is 2. The van der Waals surface area contributed by atoms with Crippen LogP contribution < -0.4 is 0 Å². The van der Waals surface area contributed by atoms with Gasteiger partial charge in [-0.2, -0.15) is 0 Å². The lowest BCUT2D eigenvalue weighted by Crippen LogP contribution is -2.46. The Morgan fingerprint density at radius 1 is 0.532 bits per heavy atom. The number of nitrogens with zero attached hydrogens (tertiary/aromatic N) is 2. The standard InChI is InChI=1S/C44H66BN2/c1-30(2)34-21-18-20-33(7)37(34)46-39(43(28-41(46,8)9)24-14-12-15-25-43)45-40-44(26-16-13-17-27-44)29-42(10,11)47(40)38-35(31(3)4)22-19-23-36(38)32(5)6/h18-23,30-32H,12-17,24-29H2,1-11H3/q+1. The number of hydrogen-bond donors (Lipinski definition) is 0. The highest BCUT2D eigenvalue weighted by Gasteiger charge is 2.57. The summed E-state index contributed by atoms with van der Waals surface area (Å²) in [5.74, 6) is 1.43. The maximum Gasteiger partial charge on any atom is 0.209 e. The largest absolute Gasteiger partial charge is 0.238 e. The van der Waals surface area contributed by atoms with Crippen LogP contribution >= 0.6 is 0 Å². The summed E-state index contributed by atoms with van der Waals surface area (Å²) in [7, 11) is 2.87. The second-order valence-electron chi connectivity index (χ2n) is 18.5. The quantitative estimate of drug-likeness (QED) is 0.211. The summed E-state index contributed by atoms with van der Waals surface area (Å²) in [6.45, 7) is 27.0. The Kier molecular flexibility index (Phi) is 9.32. The van der Waals surface area contributed by atoms with Crippen LogP contribution in [0.5, 0.6) is 0 Å². The normalized spacial score (nSPS) is 23.4. The van der Waals surface area contributed by atoms with E-state index in [-0.39, 0.29) is 21.9 Å². The first kappa shape index (κ1) is 34.7. The molecule has 2 fully saturated rings. The van der Waals surface area contributed by atoms with Crippen molar-refractivity contribution in [3.63, 3.8) is 0 Å². The Hall–Kier alpha value is -2.16. The predicted octanol–water partition coefficient (Wildman–Crippen LogP) is 12.1. The van der Waals surface area contributed by atoms with Crippen molar-refractivity contribution in [2.24, 2.45) is 10.8 Å². The van der Waals surface area contributed by atoms with Crippen molar-refractivity contribution >= 4 is 29.9 Å². The Morgan fingerprint density at radius 2 is 0.894 bits per heavy atom. The predicted molar refractivity (Wildman–Crippen MR) is 204 cm³/mol. The van der Waals surface area contributed by atoms with Crippen LogP contribution in [0.2, 0.25) is 0 Å². The number of hydrogen-bond acceptors (Lipinski definition) is 0. The molecular formula is C44H66BN2+. The molecule has 2 nitrogen and oxygen atoms in total. The van der Waals surface area contributed by atoms with E-state index in [9.17, 15) is 0 Å². The molecule has 2 aliphatic heterocycles. The summed E-state index contributed by atoms with van der Waals surface area (Å²) in [6.07, 6.45) is 16.0. The zero-order chi connectivity index (χ0) is 33.9. The summed E-state index contributed by atoms with van der Waals surface area (Å²) in [4.78, 5) is 0. The van der Waals surface area contributed by atoms with Crippen LogP contribution in [0.25, 0.3) is 0 Å². The highest BCUT2D eigenvalue weighted by Crippen LogP contribution is 2.56. The minimum absolute atomic E-state index is 0.0444. The summed E-state index contributed by atoms with van der Waals surface area (Å²) < 4.78 is 5.85. The highest BCUT2D eigenvalue weighted by atomic mass is 15.2. The molecule has 2 aliphatic carbocycles. The summed E-state index contributed by atoms with van der Waals surface area (Å²) in [6, 6.07) is 14.3. The third kappa shape index (κ3) is 5.92. The molecule has 0 bridgehead atoms. The van der Waals surface area contributed by atoms with Gasteiger partial charge in [-0.15, -0.1) is 0 Å². The van der Waals surface area contributed by atoms with Crippen LogP contribution in [0.15, 0.2) is 36.4 Å². The van der Waals surface area contributed by atoms with Gasteiger partial charge in [-0.3, -0.25) is 0 Å². The van der Waals surface area contributed by atoms with E-state index < -0.39 is 0 Å². The first-order valence-corrected chi connectivity index (χ1v) is 19.6. The van der Waals surface area contributed by atoms with Gasteiger partial charge in [0, 0.05) is 73.6 Å². The summed E-state index contributed by atoms with van der Waals surface area (Å²) in [5.41, 5.74) is 12.8. The molecule has 0 saturated heterocycles. The molecule has 0 N–H and O–H groups in total. The van der Waals surface area contributed by atoms with E-state index in [1.807, 2.05) is 0 Å². The van der Waals surface area contributed by atoms with Gasteiger partial charge in [0.2, 0.25) is 11.4 Å². The minimum atomic E-state index is 0.0444. The van der Waals surface area contributed by atoms with E-state index in [2.05, 4.69) is 129 Å². The van der Waals surface area contributed by atoms with Gasteiger partial charge in [0.05, 0.1) is 0 Å². The molecule has 0 atom stereocenters. The van der Waals surface area contributed by atoms with Gasteiger partial charge in [-0.1, -0.05) is 135 Å². The lowest BCUT2D eigenvalue weighted by atomic mass is 9.47. The molecule has 254 valence electrons. The Labute approximate surface area is 289 Å². The van der Waals surface area contributed by atoms with Gasteiger partial charge in [0.1, 0.15) is 0 Å². The Balaban J connectivity index is 1.72. The molecule has 2 heterocycles. The van der Waals surface area contributed by atoms with Gasteiger partial charge >= 0.3 is 0 Å². The van der Waals surface area contributed by atoms with Gasteiger partial charge in [-0.05, 0) is 50.4 Å². The van der Waals surface area contributed by atoms with E-state index in [1.54, 1.807) is 11.2 Å². The molecule has 4 aliphatic rings. The topological polar surface area (TPSA) is 6.02 Å². The zero-order valence-electron chi connectivity index (χ0n) is 32.2. The first-order chi connectivity index (χ1) is 22.1. The van der Waals surface area contributed by atoms with Gasteiger partial charge in [-0.25, -0.2) is 9.15 Å². The molecule has 47 heavy (non-hydrogen) atoms. The molecule has 3 heteroatoms. The number of para-hydroxylation sites is 2. The molecule has 0 aromatic heterocycles.